The Balaban J connectivity index is 2.66. The van der Waals surface area contributed by atoms with Gasteiger partial charge in [0.15, 0.2) is 5.57 Å². The molecule has 1 rings (SSSR count). The van der Waals surface area contributed by atoms with Gasteiger partial charge in [0.2, 0.25) is 0 Å². The first-order chi connectivity index (χ1) is 9.56. The number of ether oxygens (including phenoxy) is 2. The molecule has 1 aromatic carbocycles. The van der Waals surface area contributed by atoms with Gasteiger partial charge in [-0.05, 0) is 36.8 Å². The van der Waals surface area contributed by atoms with E-state index in [2.05, 4.69) is 16.6 Å². The van der Waals surface area contributed by atoms with Gasteiger partial charge >= 0.3 is 5.97 Å². The molecular formula is C15H16N2O3. The highest BCUT2D eigenvalue weighted by Gasteiger charge is 2.07. The Morgan fingerprint density at radius 2 is 2.10 bits per heavy atom. The number of carbonyl (C=O) groups is 1. The largest absolute Gasteiger partial charge is 0.489 e. The number of nitrogens with zero attached hydrogens (tertiary/aromatic N) is 1. The van der Waals surface area contributed by atoms with Gasteiger partial charge in [-0.3, -0.25) is 0 Å². The quantitative estimate of drug-likeness (QED) is 0.373. The highest BCUT2D eigenvalue weighted by molar-refractivity contribution is 5.92. The van der Waals surface area contributed by atoms with E-state index >= 15 is 0 Å². The lowest BCUT2D eigenvalue weighted by molar-refractivity contribution is -0.135. The summed E-state index contributed by atoms with van der Waals surface area (Å²) < 4.78 is 9.92. The Morgan fingerprint density at radius 1 is 1.45 bits per heavy atom. The van der Waals surface area contributed by atoms with Gasteiger partial charge in [-0.2, -0.15) is 5.26 Å². The SMILES string of the molecule is C=C(C)COc1ccc(N/C=C(\C#N)C(=O)OC)cc1. The maximum absolute atomic E-state index is 11.2. The third-order valence-corrected chi connectivity index (χ3v) is 2.25. The van der Waals surface area contributed by atoms with Crippen LogP contribution in [0, 0.1) is 11.3 Å². The molecule has 104 valence electrons. The Kier molecular flexibility index (Phi) is 5.85. The summed E-state index contributed by atoms with van der Waals surface area (Å²) in [6, 6.07) is 8.87. The number of hydrogen-bond acceptors (Lipinski definition) is 5. The zero-order valence-electron chi connectivity index (χ0n) is 11.5. The molecule has 5 nitrogen and oxygen atoms in total. The van der Waals surface area contributed by atoms with Gasteiger partial charge < -0.3 is 14.8 Å². The molecule has 0 bridgehead atoms. The summed E-state index contributed by atoms with van der Waals surface area (Å²) in [5.74, 6) is 0.0393. The van der Waals surface area contributed by atoms with Crippen molar-refractivity contribution in [2.75, 3.05) is 19.0 Å². The van der Waals surface area contributed by atoms with Crippen molar-refractivity contribution in [3.8, 4) is 11.8 Å². The van der Waals surface area contributed by atoms with Crippen molar-refractivity contribution in [1.29, 1.82) is 5.26 Å². The van der Waals surface area contributed by atoms with Crippen LogP contribution in [0.1, 0.15) is 6.92 Å². The Hall–Kier alpha value is -2.74. The van der Waals surface area contributed by atoms with Gasteiger partial charge in [-0.1, -0.05) is 6.58 Å². The molecule has 0 atom stereocenters. The predicted octanol–water partition coefficient (Wildman–Crippen LogP) is 2.63. The molecule has 0 radical (unpaired) electrons. The molecule has 0 aliphatic carbocycles. The summed E-state index contributed by atoms with van der Waals surface area (Å²) in [6.07, 6.45) is 1.30. The van der Waals surface area contributed by atoms with E-state index in [-0.39, 0.29) is 5.57 Å². The van der Waals surface area contributed by atoms with Gasteiger partial charge in [-0.15, -0.1) is 0 Å². The Labute approximate surface area is 118 Å². The molecule has 0 saturated carbocycles. The van der Waals surface area contributed by atoms with E-state index in [1.165, 1.54) is 13.3 Å². The molecule has 0 saturated heterocycles. The third kappa shape index (κ3) is 4.86. The maximum atomic E-state index is 11.2. The van der Waals surface area contributed by atoms with Crippen LogP contribution in [0.25, 0.3) is 0 Å². The van der Waals surface area contributed by atoms with Crippen molar-refractivity contribution < 1.29 is 14.3 Å². The zero-order chi connectivity index (χ0) is 15.0. The normalized spacial score (nSPS) is 10.3. The molecule has 0 spiro atoms. The van der Waals surface area contributed by atoms with Crippen molar-refractivity contribution in [2.24, 2.45) is 0 Å². The molecule has 5 heteroatoms. The molecule has 0 aromatic heterocycles. The average Bonchev–Trinajstić information content (AvgIpc) is 2.46. The maximum Gasteiger partial charge on any atom is 0.350 e. The number of carbonyl (C=O) groups excluding carboxylic acids is 1. The fraction of sp³-hybridized carbons (Fsp3) is 0.200. The fourth-order valence-electron chi connectivity index (χ4n) is 1.26. The molecule has 0 unspecified atom stereocenters. The number of rotatable bonds is 6. The second-order valence-corrected chi connectivity index (χ2v) is 4.08. The number of methoxy groups -OCH3 is 1. The first kappa shape index (κ1) is 15.3. The lowest BCUT2D eigenvalue weighted by atomic mass is 10.3. The molecule has 1 aromatic rings. The van der Waals surface area contributed by atoms with E-state index in [9.17, 15) is 4.79 Å². The summed E-state index contributed by atoms with van der Waals surface area (Å²) >= 11 is 0. The van der Waals surface area contributed by atoms with E-state index < -0.39 is 5.97 Å². The van der Waals surface area contributed by atoms with E-state index in [1.54, 1.807) is 30.3 Å². The minimum absolute atomic E-state index is 0.102. The summed E-state index contributed by atoms with van der Waals surface area (Å²) in [4.78, 5) is 11.2. The molecule has 20 heavy (non-hydrogen) atoms. The summed E-state index contributed by atoms with van der Waals surface area (Å²) in [5, 5.41) is 11.6. The standard InChI is InChI=1S/C15H16N2O3/c1-11(2)10-20-14-6-4-13(5-7-14)17-9-12(8-16)15(18)19-3/h4-7,9,17H,1,10H2,2-3H3/b12-9+. The topological polar surface area (TPSA) is 71.3 Å². The molecular weight excluding hydrogens is 256 g/mol. The lowest BCUT2D eigenvalue weighted by Gasteiger charge is -2.07. The van der Waals surface area contributed by atoms with Gasteiger partial charge in [0.25, 0.3) is 0 Å². The number of nitrogens with one attached hydrogen (secondary N) is 1. The first-order valence-corrected chi connectivity index (χ1v) is 5.89. The van der Waals surface area contributed by atoms with Gasteiger partial charge in [0.1, 0.15) is 18.4 Å². The van der Waals surface area contributed by atoms with Crippen molar-refractivity contribution in [3.05, 3.63) is 48.2 Å². The monoisotopic (exact) mass is 272 g/mol. The fourth-order valence-corrected chi connectivity index (χ4v) is 1.26. The van der Waals surface area contributed by atoms with Crippen LogP contribution in [0.4, 0.5) is 5.69 Å². The van der Waals surface area contributed by atoms with Gasteiger partial charge in [0, 0.05) is 11.9 Å². The van der Waals surface area contributed by atoms with Crippen LogP contribution in [0.3, 0.4) is 0 Å². The Bertz CT molecular complexity index is 553. The van der Waals surface area contributed by atoms with Crippen LogP contribution in [0.2, 0.25) is 0 Å². The zero-order valence-corrected chi connectivity index (χ0v) is 11.5. The van der Waals surface area contributed by atoms with Crippen LogP contribution in [-0.4, -0.2) is 19.7 Å². The van der Waals surface area contributed by atoms with Crippen molar-refractivity contribution in [2.45, 2.75) is 6.92 Å². The predicted molar refractivity (Wildman–Crippen MR) is 76.1 cm³/mol. The van der Waals surface area contributed by atoms with Crippen LogP contribution in [-0.2, 0) is 9.53 Å². The highest BCUT2D eigenvalue weighted by Crippen LogP contribution is 2.16. The van der Waals surface area contributed by atoms with Crippen LogP contribution in [0.15, 0.2) is 48.2 Å². The molecule has 0 heterocycles. The number of anilines is 1. The smallest absolute Gasteiger partial charge is 0.350 e. The van der Waals surface area contributed by atoms with Crippen molar-refractivity contribution in [3.63, 3.8) is 0 Å². The minimum Gasteiger partial charge on any atom is -0.489 e. The van der Waals surface area contributed by atoms with E-state index in [0.717, 1.165) is 17.0 Å². The molecule has 0 fully saturated rings. The first-order valence-electron chi connectivity index (χ1n) is 5.89. The highest BCUT2D eigenvalue weighted by atomic mass is 16.5. The number of esters is 1. The lowest BCUT2D eigenvalue weighted by Crippen LogP contribution is -2.05. The minimum atomic E-state index is -0.679. The average molecular weight is 272 g/mol. The number of hydrogen-bond donors (Lipinski definition) is 1. The van der Waals surface area contributed by atoms with Gasteiger partial charge in [0.05, 0.1) is 7.11 Å². The van der Waals surface area contributed by atoms with E-state index in [1.807, 2.05) is 6.92 Å². The number of benzene rings is 1. The second kappa shape index (κ2) is 7.64. The molecule has 0 amide bonds. The Morgan fingerprint density at radius 3 is 2.60 bits per heavy atom. The second-order valence-electron chi connectivity index (χ2n) is 4.08. The van der Waals surface area contributed by atoms with E-state index in [0.29, 0.717) is 6.61 Å². The van der Waals surface area contributed by atoms with Crippen molar-refractivity contribution in [1.82, 2.24) is 0 Å². The summed E-state index contributed by atoms with van der Waals surface area (Å²) in [7, 11) is 1.22. The van der Waals surface area contributed by atoms with Crippen LogP contribution in [0.5, 0.6) is 5.75 Å². The third-order valence-electron chi connectivity index (χ3n) is 2.25. The molecule has 0 aliphatic heterocycles. The number of nitriles is 1. The molecule has 0 aliphatic rings. The molecule has 1 N–H and O–H groups in total. The summed E-state index contributed by atoms with van der Waals surface area (Å²) in [6.45, 7) is 6.10. The van der Waals surface area contributed by atoms with Crippen LogP contribution < -0.4 is 10.1 Å². The van der Waals surface area contributed by atoms with Crippen LogP contribution >= 0.6 is 0 Å². The van der Waals surface area contributed by atoms with E-state index in [4.69, 9.17) is 10.00 Å². The van der Waals surface area contributed by atoms with Crippen molar-refractivity contribution >= 4 is 11.7 Å². The van der Waals surface area contributed by atoms with Gasteiger partial charge in [-0.25, -0.2) is 4.79 Å². The summed E-state index contributed by atoms with van der Waals surface area (Å²) in [5.41, 5.74) is 1.56.